The molecule has 166 valence electrons. The van der Waals surface area contributed by atoms with Gasteiger partial charge < -0.3 is 10.1 Å². The lowest BCUT2D eigenvalue weighted by Gasteiger charge is -2.17. The van der Waals surface area contributed by atoms with Crippen molar-refractivity contribution in [3.8, 4) is 0 Å². The summed E-state index contributed by atoms with van der Waals surface area (Å²) in [5, 5.41) is 2.89. The summed E-state index contributed by atoms with van der Waals surface area (Å²) in [4.78, 5) is 24.4. The van der Waals surface area contributed by atoms with Gasteiger partial charge >= 0.3 is 5.97 Å². The van der Waals surface area contributed by atoms with Crippen LogP contribution in [0.2, 0.25) is 0 Å². The lowest BCUT2D eigenvalue weighted by Crippen LogP contribution is -2.28. The Labute approximate surface area is 187 Å². The van der Waals surface area contributed by atoms with E-state index < -0.39 is 16.0 Å². The Morgan fingerprint density at radius 2 is 1.53 bits per heavy atom. The fraction of sp³-hybridized carbons (Fsp3) is 0.167. The highest BCUT2D eigenvalue weighted by molar-refractivity contribution is 7.91. The molecule has 8 heteroatoms. The maximum Gasteiger partial charge on any atom is 0.337 e. The quantitative estimate of drug-likeness (QED) is 0.505. The highest BCUT2D eigenvalue weighted by Gasteiger charge is 2.19. The van der Waals surface area contributed by atoms with E-state index in [-0.39, 0.29) is 29.0 Å². The molecule has 1 atom stereocenters. The summed E-state index contributed by atoms with van der Waals surface area (Å²) < 4.78 is 32.6. The van der Waals surface area contributed by atoms with Crippen LogP contribution >= 0.6 is 0 Å². The van der Waals surface area contributed by atoms with Gasteiger partial charge in [0.05, 0.1) is 35.7 Å². The van der Waals surface area contributed by atoms with Gasteiger partial charge in [0.25, 0.3) is 5.91 Å². The van der Waals surface area contributed by atoms with Gasteiger partial charge in [-0.1, -0.05) is 54.6 Å². The average Bonchev–Trinajstić information content (AvgIpc) is 2.79. The highest BCUT2D eigenvalue weighted by Crippen LogP contribution is 2.20. The molecule has 0 bridgehead atoms. The van der Waals surface area contributed by atoms with E-state index in [4.69, 9.17) is 0 Å². The molecule has 3 rings (SSSR count). The SMILES string of the molecule is COC(=O)c1ccc(CS(=O)(=O)Nc2ccccc2C(=O)N[C@H](C)c2ccccc2)cc1. The number of anilines is 1. The van der Waals surface area contributed by atoms with Gasteiger partial charge in [0.15, 0.2) is 0 Å². The molecule has 0 saturated carbocycles. The molecule has 0 radical (unpaired) electrons. The zero-order chi connectivity index (χ0) is 23.1. The number of hydrogen-bond donors (Lipinski definition) is 2. The van der Waals surface area contributed by atoms with Crippen LogP contribution in [0.15, 0.2) is 78.9 Å². The minimum atomic E-state index is -3.81. The Morgan fingerprint density at radius 1 is 0.906 bits per heavy atom. The van der Waals surface area contributed by atoms with Crippen LogP contribution in [0.4, 0.5) is 5.69 Å². The van der Waals surface area contributed by atoms with E-state index in [1.807, 2.05) is 37.3 Å². The van der Waals surface area contributed by atoms with Crippen LogP contribution in [-0.2, 0) is 20.5 Å². The summed E-state index contributed by atoms with van der Waals surface area (Å²) >= 11 is 0. The molecule has 3 aromatic rings. The molecule has 1 amide bonds. The van der Waals surface area contributed by atoms with Crippen LogP contribution in [0, 0.1) is 0 Å². The normalized spacial score (nSPS) is 11.9. The molecule has 7 nitrogen and oxygen atoms in total. The van der Waals surface area contributed by atoms with Gasteiger partial charge in [-0.2, -0.15) is 0 Å². The minimum Gasteiger partial charge on any atom is -0.465 e. The Kier molecular flexibility index (Phi) is 7.27. The van der Waals surface area contributed by atoms with Crippen LogP contribution in [0.3, 0.4) is 0 Å². The molecule has 0 heterocycles. The van der Waals surface area contributed by atoms with E-state index in [1.165, 1.54) is 19.2 Å². The smallest absolute Gasteiger partial charge is 0.337 e. The van der Waals surface area contributed by atoms with Crippen molar-refractivity contribution in [3.63, 3.8) is 0 Å². The van der Waals surface area contributed by atoms with Crippen molar-refractivity contribution in [2.45, 2.75) is 18.7 Å². The number of ether oxygens (including phenoxy) is 1. The zero-order valence-electron chi connectivity index (χ0n) is 17.7. The summed E-state index contributed by atoms with van der Waals surface area (Å²) in [6, 6.07) is 21.8. The first kappa shape index (κ1) is 23.0. The maximum absolute atomic E-state index is 12.8. The maximum atomic E-state index is 12.8. The first-order chi connectivity index (χ1) is 15.3. The molecular weight excluding hydrogens is 428 g/mol. The number of carbonyl (C=O) groups excluding carboxylic acids is 2. The first-order valence-electron chi connectivity index (χ1n) is 9.91. The highest BCUT2D eigenvalue weighted by atomic mass is 32.2. The number of methoxy groups -OCH3 is 1. The van der Waals surface area contributed by atoms with Crippen LogP contribution in [0.25, 0.3) is 0 Å². The number of para-hydroxylation sites is 1. The van der Waals surface area contributed by atoms with Crippen LogP contribution in [0.5, 0.6) is 0 Å². The van der Waals surface area contributed by atoms with Gasteiger partial charge in [-0.3, -0.25) is 9.52 Å². The van der Waals surface area contributed by atoms with Gasteiger partial charge in [-0.05, 0) is 42.3 Å². The van der Waals surface area contributed by atoms with Gasteiger partial charge in [-0.15, -0.1) is 0 Å². The van der Waals surface area contributed by atoms with Crippen molar-refractivity contribution >= 4 is 27.6 Å². The molecule has 0 aliphatic carbocycles. The number of rotatable bonds is 8. The molecule has 0 aliphatic heterocycles. The standard InChI is InChI=1S/C24H24N2O5S/c1-17(19-8-4-3-5-9-19)25-23(27)21-10-6-7-11-22(21)26-32(29,30)16-18-12-14-20(15-13-18)24(28)31-2/h3-15,17,26H,16H2,1-2H3,(H,25,27)/t17-/m1/s1. The number of esters is 1. The van der Waals surface area contributed by atoms with Crippen molar-refractivity contribution in [1.29, 1.82) is 0 Å². The molecule has 32 heavy (non-hydrogen) atoms. The lowest BCUT2D eigenvalue weighted by molar-refractivity contribution is 0.0600. The monoisotopic (exact) mass is 452 g/mol. The molecule has 0 unspecified atom stereocenters. The summed E-state index contributed by atoms with van der Waals surface area (Å²) in [6.45, 7) is 1.86. The summed E-state index contributed by atoms with van der Waals surface area (Å²) in [6.07, 6.45) is 0. The van der Waals surface area contributed by atoms with Crippen molar-refractivity contribution in [2.24, 2.45) is 0 Å². The van der Waals surface area contributed by atoms with Gasteiger partial charge in [0.1, 0.15) is 0 Å². The van der Waals surface area contributed by atoms with Crippen molar-refractivity contribution < 1.29 is 22.7 Å². The number of sulfonamides is 1. The third kappa shape index (κ3) is 5.95. The predicted molar refractivity (Wildman–Crippen MR) is 123 cm³/mol. The molecule has 3 aromatic carbocycles. The molecular formula is C24H24N2O5S. The topological polar surface area (TPSA) is 102 Å². The van der Waals surface area contributed by atoms with Gasteiger partial charge in [0, 0.05) is 0 Å². The fourth-order valence-electron chi connectivity index (χ4n) is 3.15. The summed E-state index contributed by atoms with van der Waals surface area (Å²) in [5.74, 6) is -1.20. The second kappa shape index (κ2) is 10.1. The van der Waals surface area contributed by atoms with E-state index in [9.17, 15) is 18.0 Å². The van der Waals surface area contributed by atoms with Gasteiger partial charge in [-0.25, -0.2) is 13.2 Å². The van der Waals surface area contributed by atoms with Crippen molar-refractivity contribution in [3.05, 3.63) is 101 Å². The molecule has 0 aromatic heterocycles. The third-order valence-corrected chi connectivity index (χ3v) is 6.06. The number of benzene rings is 3. The van der Waals surface area contributed by atoms with E-state index in [1.54, 1.807) is 36.4 Å². The van der Waals surface area contributed by atoms with E-state index in [2.05, 4.69) is 14.8 Å². The van der Waals surface area contributed by atoms with E-state index in [0.717, 1.165) is 5.56 Å². The fourth-order valence-corrected chi connectivity index (χ4v) is 4.36. The number of amides is 1. The lowest BCUT2D eigenvalue weighted by atomic mass is 10.1. The molecule has 0 spiro atoms. The average molecular weight is 453 g/mol. The second-order valence-electron chi connectivity index (χ2n) is 7.20. The first-order valence-corrected chi connectivity index (χ1v) is 11.6. The summed E-state index contributed by atoms with van der Waals surface area (Å²) in [7, 11) is -2.53. The van der Waals surface area contributed by atoms with E-state index in [0.29, 0.717) is 11.1 Å². The Hall–Kier alpha value is -3.65. The summed E-state index contributed by atoms with van der Waals surface area (Å²) in [5.41, 5.74) is 2.17. The molecule has 0 aliphatic rings. The zero-order valence-corrected chi connectivity index (χ0v) is 18.6. The van der Waals surface area contributed by atoms with Gasteiger partial charge in [0.2, 0.25) is 10.0 Å². The molecule has 2 N–H and O–H groups in total. The largest absolute Gasteiger partial charge is 0.465 e. The Balaban J connectivity index is 1.73. The van der Waals surface area contributed by atoms with Crippen LogP contribution < -0.4 is 10.0 Å². The van der Waals surface area contributed by atoms with E-state index >= 15 is 0 Å². The minimum absolute atomic E-state index is 0.191. The number of hydrogen-bond acceptors (Lipinski definition) is 5. The Morgan fingerprint density at radius 3 is 2.19 bits per heavy atom. The second-order valence-corrected chi connectivity index (χ2v) is 8.92. The molecule has 0 fully saturated rings. The van der Waals surface area contributed by atoms with Crippen LogP contribution in [-0.4, -0.2) is 27.4 Å². The predicted octanol–water partition coefficient (Wildman–Crippen LogP) is 3.91. The number of carbonyl (C=O) groups is 2. The van der Waals surface area contributed by atoms with Crippen molar-refractivity contribution in [2.75, 3.05) is 11.8 Å². The van der Waals surface area contributed by atoms with Crippen molar-refractivity contribution in [1.82, 2.24) is 5.32 Å². The Bertz CT molecular complexity index is 1190. The third-order valence-electron chi connectivity index (χ3n) is 4.82. The number of nitrogens with one attached hydrogen (secondary N) is 2. The molecule has 0 saturated heterocycles. The van der Waals surface area contributed by atoms with Crippen LogP contribution in [0.1, 0.15) is 44.8 Å².